The summed E-state index contributed by atoms with van der Waals surface area (Å²) >= 11 is 0. The van der Waals surface area contributed by atoms with Gasteiger partial charge in [-0.25, -0.2) is 0 Å². The van der Waals surface area contributed by atoms with Gasteiger partial charge in [0.1, 0.15) is 0 Å². The maximum atomic E-state index is 3.72. The molecular formula is C13H26N2. The monoisotopic (exact) mass is 210 g/mol. The second-order valence-corrected chi connectivity index (χ2v) is 5.76. The molecule has 2 heterocycles. The van der Waals surface area contributed by atoms with Crippen LogP contribution in [-0.2, 0) is 0 Å². The smallest absolute Gasteiger partial charge is 0.0280 e. The third-order valence-electron chi connectivity index (χ3n) is 4.20. The van der Waals surface area contributed by atoms with Crippen LogP contribution in [0.25, 0.3) is 0 Å². The fourth-order valence-electron chi connectivity index (χ4n) is 3.09. The lowest BCUT2D eigenvalue weighted by Gasteiger charge is -2.43. The fourth-order valence-corrected chi connectivity index (χ4v) is 3.09. The van der Waals surface area contributed by atoms with E-state index in [4.69, 9.17) is 0 Å². The van der Waals surface area contributed by atoms with Crippen molar-refractivity contribution >= 4 is 0 Å². The zero-order chi connectivity index (χ0) is 10.7. The van der Waals surface area contributed by atoms with E-state index in [9.17, 15) is 0 Å². The maximum Gasteiger partial charge on any atom is 0.0280 e. The van der Waals surface area contributed by atoms with Crippen LogP contribution in [0.15, 0.2) is 0 Å². The third kappa shape index (κ3) is 2.94. The number of nitrogens with one attached hydrogen (secondary N) is 1. The highest BCUT2D eigenvalue weighted by Crippen LogP contribution is 2.24. The van der Waals surface area contributed by atoms with Gasteiger partial charge in [0.15, 0.2) is 0 Å². The van der Waals surface area contributed by atoms with Gasteiger partial charge in [-0.1, -0.05) is 12.8 Å². The van der Waals surface area contributed by atoms with E-state index in [1.165, 1.54) is 58.2 Å². The molecule has 2 nitrogen and oxygen atoms in total. The van der Waals surface area contributed by atoms with Crippen LogP contribution in [0.2, 0.25) is 0 Å². The van der Waals surface area contributed by atoms with Crippen LogP contribution in [0, 0.1) is 0 Å². The van der Waals surface area contributed by atoms with Crippen molar-refractivity contribution in [1.29, 1.82) is 0 Å². The molecule has 2 rings (SSSR count). The summed E-state index contributed by atoms with van der Waals surface area (Å²) in [6.45, 7) is 8.60. The van der Waals surface area contributed by atoms with E-state index in [2.05, 4.69) is 24.1 Å². The first-order chi connectivity index (χ1) is 7.20. The van der Waals surface area contributed by atoms with Crippen molar-refractivity contribution < 1.29 is 0 Å². The quantitative estimate of drug-likeness (QED) is 0.753. The van der Waals surface area contributed by atoms with Gasteiger partial charge in [-0.05, 0) is 52.6 Å². The Balaban J connectivity index is 1.88. The minimum atomic E-state index is 0.393. The van der Waals surface area contributed by atoms with Crippen LogP contribution in [-0.4, -0.2) is 36.1 Å². The van der Waals surface area contributed by atoms with E-state index in [0.717, 1.165) is 6.04 Å². The van der Waals surface area contributed by atoms with Gasteiger partial charge in [-0.3, -0.25) is 4.90 Å². The minimum absolute atomic E-state index is 0.393. The topological polar surface area (TPSA) is 15.3 Å². The van der Waals surface area contributed by atoms with Crippen molar-refractivity contribution in [2.75, 3.05) is 19.6 Å². The summed E-state index contributed by atoms with van der Waals surface area (Å²) in [4.78, 5) is 2.70. The van der Waals surface area contributed by atoms with Crippen molar-refractivity contribution in [3.05, 3.63) is 0 Å². The highest BCUT2D eigenvalue weighted by Gasteiger charge is 2.30. The van der Waals surface area contributed by atoms with E-state index in [-0.39, 0.29) is 0 Å². The molecule has 0 bridgehead atoms. The summed E-state index contributed by atoms with van der Waals surface area (Å²) in [7, 11) is 0. The minimum Gasteiger partial charge on any atom is -0.310 e. The molecule has 0 radical (unpaired) electrons. The molecule has 0 aromatic carbocycles. The lowest BCUT2D eigenvalue weighted by molar-refractivity contribution is 0.102. The normalized spacial score (nSPS) is 39.2. The third-order valence-corrected chi connectivity index (χ3v) is 4.20. The van der Waals surface area contributed by atoms with Gasteiger partial charge in [0, 0.05) is 18.1 Å². The van der Waals surface area contributed by atoms with E-state index >= 15 is 0 Å². The first-order valence-corrected chi connectivity index (χ1v) is 6.69. The number of piperidine rings is 2. The predicted octanol–water partition coefficient (Wildman–Crippen LogP) is 2.39. The number of hydrogen-bond donors (Lipinski definition) is 1. The molecule has 2 unspecified atom stereocenters. The number of nitrogens with zero attached hydrogens (tertiary/aromatic N) is 1. The predicted molar refractivity (Wildman–Crippen MR) is 65.1 cm³/mol. The zero-order valence-electron chi connectivity index (χ0n) is 10.4. The molecule has 2 aliphatic rings. The van der Waals surface area contributed by atoms with Gasteiger partial charge in [0.05, 0.1) is 0 Å². The molecule has 2 aliphatic heterocycles. The maximum absolute atomic E-state index is 3.72. The zero-order valence-corrected chi connectivity index (χ0v) is 10.4. The summed E-state index contributed by atoms with van der Waals surface area (Å²) in [6, 6.07) is 0.805. The SMILES string of the molecule is CC1CCCCN1CC1(C)CCCCN1. The number of hydrogen-bond acceptors (Lipinski definition) is 2. The standard InChI is InChI=1S/C13H26N2/c1-12-7-3-6-10-15(12)11-13(2)8-4-5-9-14-13/h12,14H,3-11H2,1-2H3. The van der Waals surface area contributed by atoms with Crippen molar-refractivity contribution in [3.8, 4) is 0 Å². The van der Waals surface area contributed by atoms with Crippen molar-refractivity contribution in [2.24, 2.45) is 0 Å². The number of likely N-dealkylation sites (tertiary alicyclic amines) is 1. The number of rotatable bonds is 2. The highest BCUT2D eigenvalue weighted by molar-refractivity contribution is 4.91. The van der Waals surface area contributed by atoms with E-state index in [1.807, 2.05) is 0 Å². The lowest BCUT2D eigenvalue weighted by atomic mass is 9.89. The van der Waals surface area contributed by atoms with Crippen LogP contribution in [0.4, 0.5) is 0 Å². The van der Waals surface area contributed by atoms with Crippen molar-refractivity contribution in [3.63, 3.8) is 0 Å². The van der Waals surface area contributed by atoms with E-state index in [1.54, 1.807) is 0 Å². The van der Waals surface area contributed by atoms with E-state index < -0.39 is 0 Å². The van der Waals surface area contributed by atoms with Crippen molar-refractivity contribution in [1.82, 2.24) is 10.2 Å². The van der Waals surface area contributed by atoms with Gasteiger partial charge in [-0.15, -0.1) is 0 Å². The average molecular weight is 210 g/mol. The van der Waals surface area contributed by atoms with Crippen LogP contribution in [0.1, 0.15) is 52.4 Å². The Labute approximate surface area is 94.4 Å². The van der Waals surface area contributed by atoms with Crippen LogP contribution < -0.4 is 5.32 Å². The summed E-state index contributed by atoms with van der Waals surface area (Å²) in [5, 5.41) is 3.72. The Morgan fingerprint density at radius 2 is 2.13 bits per heavy atom. The summed E-state index contributed by atoms with van der Waals surface area (Å²) in [5.74, 6) is 0. The van der Waals surface area contributed by atoms with E-state index in [0.29, 0.717) is 5.54 Å². The first-order valence-electron chi connectivity index (χ1n) is 6.69. The molecule has 2 fully saturated rings. The van der Waals surface area contributed by atoms with Gasteiger partial charge in [0.25, 0.3) is 0 Å². The van der Waals surface area contributed by atoms with Crippen LogP contribution in [0.5, 0.6) is 0 Å². The molecule has 0 amide bonds. The molecule has 2 heteroatoms. The molecule has 2 atom stereocenters. The largest absolute Gasteiger partial charge is 0.310 e. The molecule has 1 N–H and O–H groups in total. The summed E-state index contributed by atoms with van der Waals surface area (Å²) in [6.07, 6.45) is 8.37. The highest BCUT2D eigenvalue weighted by atomic mass is 15.2. The molecule has 15 heavy (non-hydrogen) atoms. The van der Waals surface area contributed by atoms with Gasteiger partial charge >= 0.3 is 0 Å². The molecule has 0 saturated carbocycles. The molecule has 0 aromatic heterocycles. The van der Waals surface area contributed by atoms with Gasteiger partial charge in [-0.2, -0.15) is 0 Å². The second kappa shape index (κ2) is 4.84. The van der Waals surface area contributed by atoms with Crippen molar-refractivity contribution in [2.45, 2.75) is 64.0 Å². The Morgan fingerprint density at radius 1 is 1.27 bits per heavy atom. The Kier molecular flexibility index (Phi) is 3.68. The molecule has 0 aromatic rings. The molecule has 2 saturated heterocycles. The molecule has 88 valence electrons. The molecular weight excluding hydrogens is 184 g/mol. The van der Waals surface area contributed by atoms with Gasteiger partial charge < -0.3 is 5.32 Å². The Morgan fingerprint density at radius 3 is 2.80 bits per heavy atom. The molecule has 0 aliphatic carbocycles. The summed E-state index contributed by atoms with van der Waals surface area (Å²) < 4.78 is 0. The average Bonchev–Trinajstić information content (AvgIpc) is 2.22. The Bertz CT molecular complexity index is 197. The van der Waals surface area contributed by atoms with Crippen LogP contribution >= 0.6 is 0 Å². The first kappa shape index (κ1) is 11.4. The second-order valence-electron chi connectivity index (χ2n) is 5.76. The summed E-state index contributed by atoms with van der Waals surface area (Å²) in [5.41, 5.74) is 0.393. The Hall–Kier alpha value is -0.0800. The van der Waals surface area contributed by atoms with Gasteiger partial charge in [0.2, 0.25) is 0 Å². The molecule has 0 spiro atoms. The van der Waals surface area contributed by atoms with Crippen LogP contribution in [0.3, 0.4) is 0 Å². The lowest BCUT2D eigenvalue weighted by Crippen LogP contribution is -2.56. The fraction of sp³-hybridized carbons (Fsp3) is 1.00.